The van der Waals surface area contributed by atoms with E-state index in [0.717, 1.165) is 0 Å². The zero-order chi connectivity index (χ0) is 18.4. The van der Waals surface area contributed by atoms with Gasteiger partial charge in [-0.25, -0.2) is 4.79 Å². The SMILES string of the molecule is N#Cc1ccccc1COC(=O)c1ccc(NC(=O)c2ccco2)cc1. The van der Waals surface area contributed by atoms with E-state index in [4.69, 9.17) is 14.4 Å². The van der Waals surface area contributed by atoms with Crippen LogP contribution in [0.2, 0.25) is 0 Å². The van der Waals surface area contributed by atoms with Crippen molar-refractivity contribution in [3.05, 3.63) is 89.4 Å². The molecule has 0 atom stereocenters. The highest BCUT2D eigenvalue weighted by molar-refractivity contribution is 6.02. The molecular formula is C20H14N2O4. The van der Waals surface area contributed by atoms with E-state index in [1.807, 2.05) is 0 Å². The molecule has 0 unspecified atom stereocenters. The Morgan fingerprint density at radius 3 is 2.50 bits per heavy atom. The summed E-state index contributed by atoms with van der Waals surface area (Å²) in [5.74, 6) is -0.690. The summed E-state index contributed by atoms with van der Waals surface area (Å²) in [5, 5.41) is 11.7. The van der Waals surface area contributed by atoms with Crippen LogP contribution in [0.4, 0.5) is 5.69 Å². The molecule has 1 aromatic heterocycles. The molecule has 0 saturated heterocycles. The van der Waals surface area contributed by atoms with Gasteiger partial charge in [0.25, 0.3) is 5.91 Å². The number of rotatable bonds is 5. The Bertz CT molecular complexity index is 954. The number of nitrogens with one attached hydrogen (secondary N) is 1. The van der Waals surface area contributed by atoms with Crippen LogP contribution in [0.15, 0.2) is 71.3 Å². The molecule has 3 aromatic rings. The van der Waals surface area contributed by atoms with Gasteiger partial charge in [-0.1, -0.05) is 18.2 Å². The highest BCUT2D eigenvalue weighted by Crippen LogP contribution is 2.14. The fourth-order valence-electron chi connectivity index (χ4n) is 2.27. The van der Waals surface area contributed by atoms with Gasteiger partial charge >= 0.3 is 5.97 Å². The van der Waals surface area contributed by atoms with E-state index in [1.54, 1.807) is 60.7 Å². The van der Waals surface area contributed by atoms with Gasteiger partial charge in [0.1, 0.15) is 6.61 Å². The first-order chi connectivity index (χ1) is 12.7. The number of esters is 1. The second-order valence-corrected chi connectivity index (χ2v) is 5.35. The van der Waals surface area contributed by atoms with Gasteiger partial charge < -0.3 is 14.5 Å². The predicted molar refractivity (Wildman–Crippen MR) is 93.4 cm³/mol. The third-order valence-corrected chi connectivity index (χ3v) is 3.62. The van der Waals surface area contributed by atoms with Crippen LogP contribution in [0.25, 0.3) is 0 Å². The number of anilines is 1. The fraction of sp³-hybridized carbons (Fsp3) is 0.0500. The maximum absolute atomic E-state index is 12.1. The smallest absolute Gasteiger partial charge is 0.338 e. The zero-order valence-corrected chi connectivity index (χ0v) is 13.6. The van der Waals surface area contributed by atoms with Crippen LogP contribution in [-0.2, 0) is 11.3 Å². The third kappa shape index (κ3) is 3.97. The van der Waals surface area contributed by atoms with Gasteiger partial charge in [0.15, 0.2) is 5.76 Å². The average Bonchev–Trinajstić information content (AvgIpc) is 3.22. The lowest BCUT2D eigenvalue weighted by molar-refractivity contribution is 0.0472. The maximum atomic E-state index is 12.1. The lowest BCUT2D eigenvalue weighted by Gasteiger charge is -2.07. The number of nitrogens with zero attached hydrogens (tertiary/aromatic N) is 1. The highest BCUT2D eigenvalue weighted by Gasteiger charge is 2.11. The molecule has 6 heteroatoms. The number of hydrogen-bond acceptors (Lipinski definition) is 5. The molecule has 0 radical (unpaired) electrons. The topological polar surface area (TPSA) is 92.3 Å². The molecule has 3 rings (SSSR count). The van der Waals surface area contributed by atoms with Crippen LogP contribution in [0.5, 0.6) is 0 Å². The van der Waals surface area contributed by atoms with Gasteiger partial charge in [-0.05, 0) is 42.5 Å². The van der Waals surface area contributed by atoms with Crippen molar-refractivity contribution in [1.82, 2.24) is 0 Å². The Morgan fingerprint density at radius 1 is 1.04 bits per heavy atom. The molecule has 26 heavy (non-hydrogen) atoms. The predicted octanol–water partition coefficient (Wildman–Crippen LogP) is 3.76. The Balaban J connectivity index is 1.60. The van der Waals surface area contributed by atoms with Crippen molar-refractivity contribution in [2.45, 2.75) is 6.61 Å². The molecule has 0 aliphatic rings. The van der Waals surface area contributed by atoms with Crippen LogP contribution in [0.1, 0.15) is 32.0 Å². The van der Waals surface area contributed by atoms with Crippen molar-refractivity contribution in [2.75, 3.05) is 5.32 Å². The summed E-state index contributed by atoms with van der Waals surface area (Å²) in [6.07, 6.45) is 1.42. The largest absolute Gasteiger partial charge is 0.459 e. The second kappa shape index (κ2) is 7.81. The van der Waals surface area contributed by atoms with Crippen LogP contribution in [0, 0.1) is 11.3 Å². The van der Waals surface area contributed by atoms with Gasteiger partial charge in [0, 0.05) is 11.3 Å². The van der Waals surface area contributed by atoms with Crippen molar-refractivity contribution >= 4 is 17.6 Å². The van der Waals surface area contributed by atoms with Gasteiger partial charge in [0.2, 0.25) is 0 Å². The molecule has 128 valence electrons. The first-order valence-electron chi connectivity index (χ1n) is 7.77. The maximum Gasteiger partial charge on any atom is 0.338 e. The van der Waals surface area contributed by atoms with Crippen molar-refractivity contribution in [1.29, 1.82) is 5.26 Å². The summed E-state index contributed by atoms with van der Waals surface area (Å²) >= 11 is 0. The van der Waals surface area contributed by atoms with E-state index < -0.39 is 5.97 Å². The van der Waals surface area contributed by atoms with E-state index >= 15 is 0 Å². The minimum Gasteiger partial charge on any atom is -0.459 e. The van der Waals surface area contributed by atoms with E-state index in [1.165, 1.54) is 6.26 Å². The molecule has 6 nitrogen and oxygen atoms in total. The fourth-order valence-corrected chi connectivity index (χ4v) is 2.27. The molecule has 0 aliphatic carbocycles. The summed E-state index contributed by atoms with van der Waals surface area (Å²) in [4.78, 5) is 24.0. The number of furan rings is 1. The van der Waals surface area contributed by atoms with Crippen molar-refractivity contribution in [3.8, 4) is 6.07 Å². The summed E-state index contributed by atoms with van der Waals surface area (Å²) in [5.41, 5.74) is 1.98. The molecule has 1 amide bonds. The van der Waals surface area contributed by atoms with Gasteiger partial charge in [0.05, 0.1) is 23.5 Å². The summed E-state index contributed by atoms with van der Waals surface area (Å²) in [7, 11) is 0. The number of hydrogen-bond donors (Lipinski definition) is 1. The summed E-state index contributed by atoms with van der Waals surface area (Å²) in [6.45, 7) is 0.0134. The molecule has 0 aliphatic heterocycles. The van der Waals surface area contributed by atoms with E-state index in [0.29, 0.717) is 22.4 Å². The lowest BCUT2D eigenvalue weighted by atomic mass is 10.1. The van der Waals surface area contributed by atoms with Crippen molar-refractivity contribution in [2.24, 2.45) is 0 Å². The van der Waals surface area contributed by atoms with E-state index in [-0.39, 0.29) is 18.3 Å². The standard InChI is InChI=1S/C20H14N2O4/c21-12-15-4-1-2-5-16(15)13-26-20(24)14-7-9-17(10-8-14)22-19(23)18-6-3-11-25-18/h1-11H,13H2,(H,22,23). The first kappa shape index (κ1) is 17.0. The summed E-state index contributed by atoms with van der Waals surface area (Å²) < 4.78 is 10.3. The van der Waals surface area contributed by atoms with Crippen molar-refractivity contribution in [3.63, 3.8) is 0 Å². The van der Waals surface area contributed by atoms with E-state index in [2.05, 4.69) is 11.4 Å². The minimum atomic E-state index is -0.512. The Hall–Kier alpha value is -3.85. The second-order valence-electron chi connectivity index (χ2n) is 5.35. The monoisotopic (exact) mass is 346 g/mol. The van der Waals surface area contributed by atoms with Crippen LogP contribution < -0.4 is 5.32 Å². The molecule has 2 aromatic carbocycles. The number of nitriles is 1. The Kier molecular flexibility index (Phi) is 5.11. The Labute approximate surface area is 149 Å². The first-order valence-corrected chi connectivity index (χ1v) is 7.77. The van der Waals surface area contributed by atoms with Crippen LogP contribution in [-0.4, -0.2) is 11.9 Å². The summed E-state index contributed by atoms with van der Waals surface area (Å²) in [6, 6.07) is 18.5. The average molecular weight is 346 g/mol. The molecule has 1 N–H and O–H groups in total. The number of amides is 1. The molecular weight excluding hydrogens is 332 g/mol. The Morgan fingerprint density at radius 2 is 1.81 bits per heavy atom. The number of carbonyl (C=O) groups is 2. The number of benzene rings is 2. The van der Waals surface area contributed by atoms with Gasteiger partial charge in [-0.3, -0.25) is 4.79 Å². The minimum absolute atomic E-state index is 0.0134. The number of carbonyl (C=O) groups excluding carboxylic acids is 2. The molecule has 0 bridgehead atoms. The zero-order valence-electron chi connectivity index (χ0n) is 13.6. The molecule has 0 saturated carbocycles. The number of ether oxygens (including phenoxy) is 1. The quantitative estimate of drug-likeness (QED) is 0.710. The normalized spacial score (nSPS) is 9.96. The molecule has 0 fully saturated rings. The molecule has 1 heterocycles. The van der Waals surface area contributed by atoms with Crippen molar-refractivity contribution < 1.29 is 18.7 Å². The highest BCUT2D eigenvalue weighted by atomic mass is 16.5. The van der Waals surface area contributed by atoms with Crippen LogP contribution >= 0.6 is 0 Å². The molecule has 0 spiro atoms. The van der Waals surface area contributed by atoms with Crippen LogP contribution in [0.3, 0.4) is 0 Å². The van der Waals surface area contributed by atoms with E-state index in [9.17, 15) is 9.59 Å². The lowest BCUT2D eigenvalue weighted by Crippen LogP contribution is -2.11. The van der Waals surface area contributed by atoms with Gasteiger partial charge in [-0.15, -0.1) is 0 Å². The third-order valence-electron chi connectivity index (χ3n) is 3.62. The van der Waals surface area contributed by atoms with Gasteiger partial charge in [-0.2, -0.15) is 5.26 Å².